The van der Waals surface area contributed by atoms with Gasteiger partial charge in [0.1, 0.15) is 5.82 Å². The van der Waals surface area contributed by atoms with E-state index in [2.05, 4.69) is 0 Å². The highest BCUT2D eigenvalue weighted by Crippen LogP contribution is 2.25. The maximum Gasteiger partial charge on any atom is 0.194 e. The number of nitrogens with two attached hydrogens (primary N) is 1. The van der Waals surface area contributed by atoms with Crippen molar-refractivity contribution < 1.29 is 4.79 Å². The van der Waals surface area contributed by atoms with Gasteiger partial charge in [0.25, 0.3) is 0 Å². The first-order valence-electron chi connectivity index (χ1n) is 6.41. The fourth-order valence-electron chi connectivity index (χ4n) is 2.68. The molecule has 0 unspecified atom stereocenters. The number of hydrogen-bond acceptors (Lipinski definition) is 3. The molecule has 0 fully saturated rings. The van der Waals surface area contributed by atoms with Gasteiger partial charge in [-0.25, -0.2) is 0 Å². The molecule has 1 aliphatic rings. The average Bonchev–Trinajstić information content (AvgIpc) is 2.38. The number of carbonyl (C=O) groups is 1. The number of benzene rings is 1. The van der Waals surface area contributed by atoms with Crippen LogP contribution in [0.15, 0.2) is 35.1 Å². The van der Waals surface area contributed by atoms with E-state index in [0.717, 1.165) is 12.1 Å². The van der Waals surface area contributed by atoms with Crippen molar-refractivity contribution in [2.24, 2.45) is 0 Å². The number of rotatable bonds is 1. The molecule has 5 heteroatoms. The number of Topliss-reactive ketones (excluding diaryl/α,β-unsaturated/α-hetero) is 1. The zero-order valence-electron chi connectivity index (χ0n) is 10.7. The van der Waals surface area contributed by atoms with Crippen LogP contribution in [0.3, 0.4) is 0 Å². The summed E-state index contributed by atoms with van der Waals surface area (Å²) < 4.78 is 1.75. The molecule has 1 aliphatic carbocycles. The maximum atomic E-state index is 12.0. The summed E-state index contributed by atoms with van der Waals surface area (Å²) in [5, 5.41) is 0.580. The van der Waals surface area contributed by atoms with Gasteiger partial charge in [-0.2, -0.15) is 0 Å². The highest BCUT2D eigenvalue weighted by atomic mass is 35.5. The summed E-state index contributed by atoms with van der Waals surface area (Å²) in [7, 11) is 0. The van der Waals surface area contributed by atoms with E-state index in [4.69, 9.17) is 17.3 Å². The summed E-state index contributed by atoms with van der Waals surface area (Å²) in [4.78, 5) is 24.0. The normalized spacial score (nSPS) is 14.2. The Bertz CT molecular complexity index is 765. The summed E-state index contributed by atoms with van der Waals surface area (Å²) in [5.41, 5.74) is 7.41. The zero-order valence-corrected chi connectivity index (χ0v) is 11.5. The van der Waals surface area contributed by atoms with Crippen molar-refractivity contribution >= 4 is 23.2 Å². The Balaban J connectivity index is 2.34. The van der Waals surface area contributed by atoms with Crippen LogP contribution in [-0.2, 0) is 6.42 Å². The quantitative estimate of drug-likeness (QED) is 0.877. The van der Waals surface area contributed by atoms with Gasteiger partial charge >= 0.3 is 0 Å². The maximum absolute atomic E-state index is 12.0. The predicted octanol–water partition coefficient (Wildman–Crippen LogP) is 2.59. The summed E-state index contributed by atoms with van der Waals surface area (Å²) in [6.07, 6.45) is 1.81. The molecule has 1 aromatic carbocycles. The Kier molecular flexibility index (Phi) is 3.10. The van der Waals surface area contributed by atoms with Crippen LogP contribution >= 0.6 is 11.6 Å². The van der Waals surface area contributed by atoms with Gasteiger partial charge < -0.3 is 5.73 Å². The number of halogens is 1. The van der Waals surface area contributed by atoms with Crippen LogP contribution in [0, 0.1) is 0 Å². The van der Waals surface area contributed by atoms with Gasteiger partial charge in [0.15, 0.2) is 11.2 Å². The lowest BCUT2D eigenvalue weighted by molar-refractivity contribution is 0.0970. The molecule has 0 bridgehead atoms. The van der Waals surface area contributed by atoms with Crippen molar-refractivity contribution in [1.29, 1.82) is 0 Å². The van der Waals surface area contributed by atoms with Crippen molar-refractivity contribution in [2.45, 2.75) is 19.3 Å². The Hall–Kier alpha value is -2.07. The molecule has 0 spiro atoms. The number of nitrogen functional groups attached to an aromatic ring is 1. The first kappa shape index (κ1) is 12.9. The molecular weight excluding hydrogens is 276 g/mol. The number of hydrogen-bond donors (Lipinski definition) is 1. The van der Waals surface area contributed by atoms with Gasteiger partial charge in [0, 0.05) is 28.9 Å². The fraction of sp³-hybridized carbons (Fsp3) is 0.200. The molecule has 0 saturated carbocycles. The number of nitrogens with zero attached hydrogens (tertiary/aromatic N) is 1. The van der Waals surface area contributed by atoms with Crippen LogP contribution in [0.2, 0.25) is 5.02 Å². The molecule has 0 aliphatic heterocycles. The highest BCUT2D eigenvalue weighted by molar-refractivity contribution is 6.30. The molecule has 102 valence electrons. The number of aromatic nitrogens is 1. The fourth-order valence-corrected chi connectivity index (χ4v) is 2.86. The minimum absolute atomic E-state index is 0.105. The van der Waals surface area contributed by atoms with E-state index in [1.165, 1.54) is 6.07 Å². The lowest BCUT2D eigenvalue weighted by Crippen LogP contribution is -2.27. The van der Waals surface area contributed by atoms with E-state index in [-0.39, 0.29) is 16.8 Å². The van der Waals surface area contributed by atoms with Gasteiger partial charge in [-0.05, 0) is 31.0 Å². The molecule has 3 rings (SSSR count). The molecule has 20 heavy (non-hydrogen) atoms. The first-order valence-corrected chi connectivity index (χ1v) is 6.79. The lowest BCUT2D eigenvalue weighted by atomic mass is 9.93. The minimum atomic E-state index is -0.291. The second-order valence-electron chi connectivity index (χ2n) is 4.85. The number of carbonyl (C=O) groups excluding carboxylic acids is 1. The minimum Gasteiger partial charge on any atom is -0.385 e. The number of anilines is 1. The highest BCUT2D eigenvalue weighted by Gasteiger charge is 2.24. The van der Waals surface area contributed by atoms with Gasteiger partial charge in [0.2, 0.25) is 0 Å². The predicted molar refractivity (Wildman–Crippen MR) is 78.7 cm³/mol. The first-order chi connectivity index (χ1) is 9.58. The van der Waals surface area contributed by atoms with Crippen LogP contribution in [0.25, 0.3) is 5.69 Å². The molecule has 0 radical (unpaired) electrons. The van der Waals surface area contributed by atoms with Crippen LogP contribution in [0.1, 0.15) is 28.9 Å². The third-order valence-electron chi connectivity index (χ3n) is 3.50. The van der Waals surface area contributed by atoms with Crippen LogP contribution in [0.4, 0.5) is 5.82 Å². The smallest absolute Gasteiger partial charge is 0.194 e. The average molecular weight is 289 g/mol. The molecule has 1 aromatic heterocycles. The van der Waals surface area contributed by atoms with E-state index in [1.54, 1.807) is 16.7 Å². The molecule has 4 nitrogen and oxygen atoms in total. The van der Waals surface area contributed by atoms with Crippen LogP contribution in [0.5, 0.6) is 0 Å². The monoisotopic (exact) mass is 288 g/mol. The standard InChI is InChI=1S/C15H13ClN2O2/c16-9-3-1-4-10(7-9)18-11-5-2-6-12(19)15(11)13(20)8-14(18)17/h1,3-4,7-8H,2,5-6,17H2. The Morgan fingerprint density at radius 1 is 1.15 bits per heavy atom. The van der Waals surface area contributed by atoms with Crippen LogP contribution in [-0.4, -0.2) is 10.4 Å². The number of pyridine rings is 1. The Labute approximate surface area is 120 Å². The van der Waals surface area contributed by atoms with E-state index < -0.39 is 0 Å². The van der Waals surface area contributed by atoms with E-state index in [0.29, 0.717) is 29.4 Å². The van der Waals surface area contributed by atoms with E-state index in [1.807, 2.05) is 12.1 Å². The van der Waals surface area contributed by atoms with E-state index in [9.17, 15) is 9.59 Å². The molecular formula is C15H13ClN2O2. The Morgan fingerprint density at radius 2 is 1.95 bits per heavy atom. The van der Waals surface area contributed by atoms with Gasteiger partial charge in [-0.1, -0.05) is 17.7 Å². The molecule has 0 amide bonds. The third-order valence-corrected chi connectivity index (χ3v) is 3.74. The van der Waals surface area contributed by atoms with Gasteiger partial charge in [0.05, 0.1) is 5.56 Å². The SMILES string of the molecule is Nc1cc(=O)c2c(n1-c1cccc(Cl)c1)CCCC2=O. The largest absolute Gasteiger partial charge is 0.385 e. The molecule has 2 N–H and O–H groups in total. The number of ketones is 1. The lowest BCUT2D eigenvalue weighted by Gasteiger charge is -2.22. The topological polar surface area (TPSA) is 65.1 Å². The van der Waals surface area contributed by atoms with Crippen molar-refractivity contribution in [3.8, 4) is 5.69 Å². The summed E-state index contributed by atoms with van der Waals surface area (Å²) in [6, 6.07) is 8.50. The summed E-state index contributed by atoms with van der Waals surface area (Å²) in [6.45, 7) is 0. The molecule has 0 atom stereocenters. The third kappa shape index (κ3) is 2.02. The molecule has 1 heterocycles. The molecule has 0 saturated heterocycles. The second-order valence-corrected chi connectivity index (χ2v) is 5.28. The Morgan fingerprint density at radius 3 is 2.70 bits per heavy atom. The van der Waals surface area contributed by atoms with E-state index >= 15 is 0 Å². The second kappa shape index (κ2) is 4.80. The van der Waals surface area contributed by atoms with Crippen molar-refractivity contribution in [2.75, 3.05) is 5.73 Å². The zero-order chi connectivity index (χ0) is 14.3. The van der Waals surface area contributed by atoms with Crippen molar-refractivity contribution in [1.82, 2.24) is 4.57 Å². The van der Waals surface area contributed by atoms with Gasteiger partial charge in [-0.3, -0.25) is 14.2 Å². The number of fused-ring (bicyclic) bond motifs is 1. The van der Waals surface area contributed by atoms with Crippen molar-refractivity contribution in [3.05, 3.63) is 56.8 Å². The van der Waals surface area contributed by atoms with Crippen LogP contribution < -0.4 is 11.2 Å². The van der Waals surface area contributed by atoms with Crippen molar-refractivity contribution in [3.63, 3.8) is 0 Å². The summed E-state index contributed by atoms with van der Waals surface area (Å²) >= 11 is 6.01. The summed E-state index contributed by atoms with van der Waals surface area (Å²) in [5.74, 6) is 0.220. The van der Waals surface area contributed by atoms with Gasteiger partial charge in [-0.15, -0.1) is 0 Å². The molecule has 2 aromatic rings.